The van der Waals surface area contributed by atoms with Crippen LogP contribution in [0.5, 0.6) is 0 Å². The van der Waals surface area contributed by atoms with Gasteiger partial charge in [0.15, 0.2) is 0 Å². The Morgan fingerprint density at radius 2 is 1.81 bits per heavy atom. The van der Waals surface area contributed by atoms with E-state index in [2.05, 4.69) is 20.2 Å². The van der Waals surface area contributed by atoms with Gasteiger partial charge in [-0.15, -0.1) is 5.10 Å². The van der Waals surface area contributed by atoms with Gasteiger partial charge < -0.3 is 15.4 Å². The fraction of sp³-hybridized carbons (Fsp3) is 0.348. The number of nitrogens with one attached hydrogen (secondary N) is 2. The average molecular weight is 439 g/mol. The smallest absolute Gasteiger partial charge is 0.265 e. The van der Waals surface area contributed by atoms with Crippen LogP contribution in [0.4, 0.5) is 5.69 Å². The molecular weight excluding hydrogens is 412 g/mol. The van der Waals surface area contributed by atoms with E-state index in [4.69, 9.17) is 0 Å². The Bertz CT molecular complexity index is 1080. The Balaban J connectivity index is 1.68. The van der Waals surface area contributed by atoms with Gasteiger partial charge in [-0.25, -0.2) is 0 Å². The molecule has 7 nitrogen and oxygen atoms in total. The molecule has 0 aliphatic rings. The Labute approximate surface area is 185 Å². The zero-order chi connectivity index (χ0) is 22.2. The van der Waals surface area contributed by atoms with Crippen LogP contribution in [0, 0.1) is 6.92 Å². The van der Waals surface area contributed by atoms with Gasteiger partial charge in [0.1, 0.15) is 16.7 Å². The van der Waals surface area contributed by atoms with E-state index < -0.39 is 6.04 Å². The highest BCUT2D eigenvalue weighted by atomic mass is 32.1. The fourth-order valence-electron chi connectivity index (χ4n) is 3.33. The summed E-state index contributed by atoms with van der Waals surface area (Å²) in [6.45, 7) is 3.29. The van der Waals surface area contributed by atoms with Crippen molar-refractivity contribution in [1.82, 2.24) is 14.9 Å². The number of fused-ring (bicyclic) bond motifs is 1. The van der Waals surface area contributed by atoms with Gasteiger partial charge in [0.2, 0.25) is 5.91 Å². The molecule has 0 aliphatic carbocycles. The summed E-state index contributed by atoms with van der Waals surface area (Å²) in [5, 5.41) is 11.7. The summed E-state index contributed by atoms with van der Waals surface area (Å²) in [5.74, 6) is -0.465. The van der Waals surface area contributed by atoms with Gasteiger partial charge in [0.25, 0.3) is 5.91 Å². The third-order valence-electron chi connectivity index (χ3n) is 5.02. The average Bonchev–Trinajstić information content (AvgIpc) is 3.18. The minimum Gasteiger partial charge on any atom is -0.339 e. The number of rotatable bonds is 10. The molecule has 0 radical (unpaired) electrons. The van der Waals surface area contributed by atoms with Crippen LogP contribution in [0.2, 0.25) is 0 Å². The molecule has 0 saturated heterocycles. The topological polar surface area (TPSA) is 101 Å². The maximum Gasteiger partial charge on any atom is 0.265 e. The van der Waals surface area contributed by atoms with Crippen molar-refractivity contribution in [1.29, 1.82) is 0 Å². The number of unbranched alkanes of at least 4 members (excludes halogenated alkanes) is 2. The van der Waals surface area contributed by atoms with Gasteiger partial charge in [0, 0.05) is 12.1 Å². The molecule has 0 saturated carbocycles. The lowest BCUT2D eigenvalue weighted by molar-refractivity contribution is -0.118. The highest BCUT2D eigenvalue weighted by molar-refractivity contribution is 7.08. The summed E-state index contributed by atoms with van der Waals surface area (Å²) in [4.78, 5) is 37.2. The highest BCUT2D eigenvalue weighted by Crippen LogP contribution is 2.20. The third kappa shape index (κ3) is 6.42. The number of benzene rings is 2. The second kappa shape index (κ2) is 10.8. The summed E-state index contributed by atoms with van der Waals surface area (Å²) in [6, 6.07) is 12.9. The van der Waals surface area contributed by atoms with Crippen LogP contribution in [0.3, 0.4) is 0 Å². The molecule has 0 spiro atoms. The molecule has 2 N–H and O–H groups in total. The summed E-state index contributed by atoms with van der Waals surface area (Å²) in [5.41, 5.74) is 1.22. The van der Waals surface area contributed by atoms with E-state index in [0.717, 1.165) is 41.6 Å². The number of aromatic nitrogens is 2. The maximum absolute atomic E-state index is 13.0. The quantitative estimate of drug-likeness (QED) is 0.460. The number of nitrogens with zero attached hydrogens (tertiary/aromatic N) is 2. The van der Waals surface area contributed by atoms with Crippen molar-refractivity contribution >= 4 is 45.6 Å². The highest BCUT2D eigenvalue weighted by Gasteiger charge is 2.23. The molecule has 8 heteroatoms. The predicted octanol–water partition coefficient (Wildman–Crippen LogP) is 4.28. The molecule has 0 aliphatic heterocycles. The molecule has 1 aromatic heterocycles. The van der Waals surface area contributed by atoms with Crippen LogP contribution in [0.15, 0.2) is 42.5 Å². The van der Waals surface area contributed by atoms with Crippen LogP contribution in [0.25, 0.3) is 10.8 Å². The molecule has 31 heavy (non-hydrogen) atoms. The van der Waals surface area contributed by atoms with E-state index in [9.17, 15) is 14.4 Å². The molecule has 1 heterocycles. The third-order valence-corrected chi connectivity index (χ3v) is 5.84. The zero-order valence-electron chi connectivity index (χ0n) is 17.7. The van der Waals surface area contributed by atoms with Crippen molar-refractivity contribution in [3.63, 3.8) is 0 Å². The summed E-state index contributed by atoms with van der Waals surface area (Å²) in [6.07, 6.45) is 3.33. The van der Waals surface area contributed by atoms with Gasteiger partial charge >= 0.3 is 0 Å². The van der Waals surface area contributed by atoms with E-state index >= 15 is 0 Å². The molecule has 0 bridgehead atoms. The van der Waals surface area contributed by atoms with Gasteiger partial charge in [0.05, 0.1) is 5.69 Å². The number of aryl methyl sites for hydroxylation is 1. The molecule has 1 atom stereocenters. The van der Waals surface area contributed by atoms with Crippen LogP contribution >= 0.6 is 11.5 Å². The minimum absolute atomic E-state index is 0.159. The lowest BCUT2D eigenvalue weighted by atomic mass is 10.0. The van der Waals surface area contributed by atoms with Crippen LogP contribution in [-0.2, 0) is 9.59 Å². The molecule has 0 fully saturated rings. The minimum atomic E-state index is -0.696. The first-order chi connectivity index (χ1) is 14.9. The first-order valence-corrected chi connectivity index (χ1v) is 11.1. The normalized spacial score (nSPS) is 11.8. The van der Waals surface area contributed by atoms with Crippen LogP contribution in [0.1, 0.15) is 54.4 Å². The Morgan fingerprint density at radius 3 is 2.52 bits per heavy atom. The van der Waals surface area contributed by atoms with Gasteiger partial charge in [-0.05, 0) is 61.1 Å². The number of carbonyl (C=O) groups excluding carboxylic acids is 3. The number of hydrogen-bond donors (Lipinski definition) is 2. The number of hydrogen-bond acceptors (Lipinski definition) is 6. The molecular formula is C23H26N4O3S. The van der Waals surface area contributed by atoms with Crippen LogP contribution < -0.4 is 10.6 Å². The van der Waals surface area contributed by atoms with E-state index in [1.54, 1.807) is 13.8 Å². The standard InChI is InChI=1S/C23H26N4O3S/c1-15(28)8-4-3-5-11-20(25-23(30)21-16(2)26-27-31-21)22(29)24-19-13-12-17-9-6-7-10-18(17)14-19/h6-7,9-10,12-14,20H,3-5,8,11H2,1-2H3,(H,24,29)(H,25,30). The Kier molecular flexibility index (Phi) is 7.83. The van der Waals surface area contributed by atoms with Gasteiger partial charge in [-0.2, -0.15) is 0 Å². The van der Waals surface area contributed by atoms with Crippen molar-refractivity contribution in [2.24, 2.45) is 0 Å². The van der Waals surface area contributed by atoms with E-state index in [-0.39, 0.29) is 17.6 Å². The second-order valence-corrected chi connectivity index (χ2v) is 8.32. The van der Waals surface area contributed by atoms with Crippen molar-refractivity contribution in [2.45, 2.75) is 52.0 Å². The molecule has 3 aromatic rings. The number of ketones is 1. The summed E-state index contributed by atoms with van der Waals surface area (Å²) < 4.78 is 3.79. The first-order valence-electron chi connectivity index (χ1n) is 10.3. The number of amides is 2. The van der Waals surface area contributed by atoms with Crippen LogP contribution in [-0.4, -0.2) is 33.2 Å². The predicted molar refractivity (Wildman–Crippen MR) is 122 cm³/mol. The lowest BCUT2D eigenvalue weighted by Gasteiger charge is -2.18. The SMILES string of the molecule is CC(=O)CCCCCC(NC(=O)c1snnc1C)C(=O)Nc1ccc2ccccc2c1. The van der Waals surface area contributed by atoms with Gasteiger partial charge in [-0.3, -0.25) is 9.59 Å². The van der Waals surface area contributed by atoms with Crippen molar-refractivity contribution in [3.05, 3.63) is 53.0 Å². The fourth-order valence-corrected chi connectivity index (χ4v) is 3.89. The monoisotopic (exact) mass is 438 g/mol. The molecule has 2 amide bonds. The Hall–Kier alpha value is -3.13. The van der Waals surface area contributed by atoms with Crippen molar-refractivity contribution in [2.75, 3.05) is 5.32 Å². The molecule has 3 rings (SSSR count). The molecule has 1 unspecified atom stereocenters. The molecule has 162 valence electrons. The largest absolute Gasteiger partial charge is 0.339 e. The Morgan fingerprint density at radius 1 is 1.03 bits per heavy atom. The van der Waals surface area contributed by atoms with Gasteiger partial charge in [-0.1, -0.05) is 47.7 Å². The first kappa shape index (κ1) is 22.6. The summed E-state index contributed by atoms with van der Waals surface area (Å²) >= 11 is 1.01. The maximum atomic E-state index is 13.0. The zero-order valence-corrected chi connectivity index (χ0v) is 18.5. The van der Waals surface area contributed by atoms with E-state index in [1.165, 1.54) is 0 Å². The number of carbonyl (C=O) groups is 3. The molecule has 2 aromatic carbocycles. The second-order valence-electron chi connectivity index (χ2n) is 7.57. The lowest BCUT2D eigenvalue weighted by Crippen LogP contribution is -2.43. The van der Waals surface area contributed by atoms with E-state index in [1.807, 2.05) is 42.5 Å². The van der Waals surface area contributed by atoms with E-state index in [0.29, 0.717) is 29.1 Å². The summed E-state index contributed by atoms with van der Waals surface area (Å²) in [7, 11) is 0. The van der Waals surface area contributed by atoms with Crippen molar-refractivity contribution < 1.29 is 14.4 Å². The number of anilines is 1. The number of Topliss-reactive ketones (excluding diaryl/α,β-unsaturated/α-hetero) is 1. The van der Waals surface area contributed by atoms with Crippen molar-refractivity contribution in [3.8, 4) is 0 Å².